The van der Waals surface area contributed by atoms with Crippen molar-refractivity contribution in [2.24, 2.45) is 5.41 Å². The second-order valence-electron chi connectivity index (χ2n) is 5.78. The van der Waals surface area contributed by atoms with Gasteiger partial charge < -0.3 is 20.6 Å². The summed E-state index contributed by atoms with van der Waals surface area (Å²) in [6, 6.07) is -0.270. The van der Waals surface area contributed by atoms with E-state index in [0.29, 0.717) is 19.4 Å². The molecule has 1 fully saturated rings. The molecule has 0 bridgehead atoms. The highest BCUT2D eigenvalue weighted by Crippen LogP contribution is 2.35. The van der Waals surface area contributed by atoms with Gasteiger partial charge in [0.1, 0.15) is 0 Å². The summed E-state index contributed by atoms with van der Waals surface area (Å²) in [5.74, 6) is -0.786. The summed E-state index contributed by atoms with van der Waals surface area (Å²) in [5.41, 5.74) is -0.769. The molecule has 0 aromatic rings. The SMILES string of the molecule is CCN(CC)CCNC(=O)NCC1(C(=O)O)CCCCC1. The van der Waals surface area contributed by atoms with E-state index in [4.69, 9.17) is 0 Å². The van der Waals surface area contributed by atoms with Crippen molar-refractivity contribution in [2.75, 3.05) is 32.7 Å². The normalized spacial score (nSPS) is 17.5. The lowest BCUT2D eigenvalue weighted by atomic mass is 9.74. The van der Waals surface area contributed by atoms with Crippen LogP contribution in [0.3, 0.4) is 0 Å². The van der Waals surface area contributed by atoms with Crippen LogP contribution in [0.25, 0.3) is 0 Å². The number of rotatable bonds is 8. The van der Waals surface area contributed by atoms with Gasteiger partial charge in [-0.05, 0) is 25.9 Å². The van der Waals surface area contributed by atoms with Gasteiger partial charge in [0.15, 0.2) is 0 Å². The van der Waals surface area contributed by atoms with E-state index in [2.05, 4.69) is 29.4 Å². The molecule has 3 N–H and O–H groups in total. The van der Waals surface area contributed by atoms with Crippen molar-refractivity contribution >= 4 is 12.0 Å². The number of hydrogen-bond donors (Lipinski definition) is 3. The van der Waals surface area contributed by atoms with Crippen LogP contribution in [0, 0.1) is 5.41 Å². The van der Waals surface area contributed by atoms with Gasteiger partial charge in [0.2, 0.25) is 0 Å². The van der Waals surface area contributed by atoms with Crippen LogP contribution in [0.15, 0.2) is 0 Å². The van der Waals surface area contributed by atoms with Crippen molar-refractivity contribution < 1.29 is 14.7 Å². The van der Waals surface area contributed by atoms with Gasteiger partial charge in [-0.2, -0.15) is 0 Å². The Labute approximate surface area is 127 Å². The van der Waals surface area contributed by atoms with Gasteiger partial charge >= 0.3 is 12.0 Å². The molecule has 0 radical (unpaired) electrons. The summed E-state index contributed by atoms with van der Waals surface area (Å²) in [7, 11) is 0. The highest BCUT2D eigenvalue weighted by Gasteiger charge is 2.39. The maximum atomic E-state index is 11.8. The predicted molar refractivity (Wildman–Crippen MR) is 82.3 cm³/mol. The van der Waals surface area contributed by atoms with Crippen molar-refractivity contribution in [3.05, 3.63) is 0 Å². The summed E-state index contributed by atoms with van der Waals surface area (Å²) < 4.78 is 0. The van der Waals surface area contributed by atoms with Crippen molar-refractivity contribution in [1.82, 2.24) is 15.5 Å². The number of amides is 2. The van der Waals surface area contributed by atoms with Crippen LogP contribution in [-0.2, 0) is 4.79 Å². The fourth-order valence-electron chi connectivity index (χ4n) is 2.87. The second-order valence-corrected chi connectivity index (χ2v) is 5.78. The maximum Gasteiger partial charge on any atom is 0.314 e. The average molecular weight is 299 g/mol. The molecule has 21 heavy (non-hydrogen) atoms. The van der Waals surface area contributed by atoms with Crippen molar-refractivity contribution in [2.45, 2.75) is 46.0 Å². The molecule has 6 heteroatoms. The lowest BCUT2D eigenvalue weighted by Gasteiger charge is -2.33. The first-order valence-electron chi connectivity index (χ1n) is 8.01. The van der Waals surface area contributed by atoms with Gasteiger partial charge in [-0.3, -0.25) is 4.79 Å². The minimum atomic E-state index is -0.786. The molecular formula is C15H29N3O3. The minimum absolute atomic E-state index is 0.222. The second kappa shape index (κ2) is 8.87. The van der Waals surface area contributed by atoms with E-state index in [1.54, 1.807) is 0 Å². The number of urea groups is 1. The molecule has 0 saturated heterocycles. The molecule has 0 unspecified atom stereocenters. The number of carbonyl (C=O) groups excluding carboxylic acids is 1. The number of aliphatic carboxylic acids is 1. The lowest BCUT2D eigenvalue weighted by molar-refractivity contribution is -0.150. The zero-order valence-electron chi connectivity index (χ0n) is 13.3. The van der Waals surface area contributed by atoms with Crippen LogP contribution in [0.4, 0.5) is 4.79 Å². The molecule has 0 aromatic heterocycles. The summed E-state index contributed by atoms with van der Waals surface area (Å²) in [5, 5.41) is 15.0. The molecule has 1 aliphatic carbocycles. The van der Waals surface area contributed by atoms with E-state index in [9.17, 15) is 14.7 Å². The van der Waals surface area contributed by atoms with Crippen molar-refractivity contribution in [1.29, 1.82) is 0 Å². The molecule has 6 nitrogen and oxygen atoms in total. The number of nitrogens with zero attached hydrogens (tertiary/aromatic N) is 1. The van der Waals surface area contributed by atoms with E-state index in [1.807, 2.05) is 0 Å². The Hall–Kier alpha value is -1.30. The third-order valence-electron chi connectivity index (χ3n) is 4.46. The third kappa shape index (κ3) is 5.53. The number of carbonyl (C=O) groups is 2. The van der Waals surface area contributed by atoms with Crippen LogP contribution < -0.4 is 10.6 Å². The Bertz CT molecular complexity index is 337. The van der Waals surface area contributed by atoms with Crippen LogP contribution >= 0.6 is 0 Å². The van der Waals surface area contributed by atoms with Crippen LogP contribution in [0.2, 0.25) is 0 Å². The van der Waals surface area contributed by atoms with Crippen LogP contribution in [0.5, 0.6) is 0 Å². The Morgan fingerprint density at radius 2 is 1.71 bits per heavy atom. The van der Waals surface area contributed by atoms with Crippen LogP contribution in [-0.4, -0.2) is 54.7 Å². The van der Waals surface area contributed by atoms with Gasteiger partial charge in [0.25, 0.3) is 0 Å². The molecule has 2 amide bonds. The predicted octanol–water partition coefficient (Wildman–Crippen LogP) is 1.66. The Morgan fingerprint density at radius 3 is 2.24 bits per heavy atom. The van der Waals surface area contributed by atoms with Crippen molar-refractivity contribution in [3.8, 4) is 0 Å². The summed E-state index contributed by atoms with van der Waals surface area (Å²) in [6.45, 7) is 7.70. The van der Waals surface area contributed by atoms with Gasteiger partial charge in [-0.25, -0.2) is 4.79 Å². The number of carboxylic acids is 1. The largest absolute Gasteiger partial charge is 0.481 e. The quantitative estimate of drug-likeness (QED) is 0.636. The fraction of sp³-hybridized carbons (Fsp3) is 0.867. The molecule has 1 rings (SSSR count). The highest BCUT2D eigenvalue weighted by molar-refractivity contribution is 5.78. The molecule has 0 spiro atoms. The smallest absolute Gasteiger partial charge is 0.314 e. The first kappa shape index (κ1) is 17.8. The average Bonchev–Trinajstić information content (AvgIpc) is 2.50. The Kier molecular flexibility index (Phi) is 7.50. The molecule has 0 aliphatic heterocycles. The number of nitrogens with one attached hydrogen (secondary N) is 2. The Morgan fingerprint density at radius 1 is 1.10 bits per heavy atom. The van der Waals surface area contributed by atoms with E-state index >= 15 is 0 Å². The number of likely N-dealkylation sites (N-methyl/N-ethyl adjacent to an activating group) is 1. The summed E-state index contributed by atoms with van der Waals surface area (Å²) >= 11 is 0. The molecule has 122 valence electrons. The van der Waals surface area contributed by atoms with E-state index in [1.165, 1.54) is 0 Å². The maximum absolute atomic E-state index is 11.8. The standard InChI is InChI=1S/C15H29N3O3/c1-3-18(4-2)11-10-16-14(21)17-12-15(13(19)20)8-6-5-7-9-15/h3-12H2,1-2H3,(H,19,20)(H2,16,17,21). The number of carboxylic acid groups (broad SMARTS) is 1. The van der Waals surface area contributed by atoms with Gasteiger partial charge in [-0.15, -0.1) is 0 Å². The summed E-state index contributed by atoms with van der Waals surface area (Å²) in [6.07, 6.45) is 4.25. The van der Waals surface area contributed by atoms with E-state index in [-0.39, 0.29) is 12.6 Å². The first-order valence-corrected chi connectivity index (χ1v) is 8.01. The zero-order chi connectivity index (χ0) is 15.7. The van der Waals surface area contributed by atoms with E-state index < -0.39 is 11.4 Å². The van der Waals surface area contributed by atoms with Gasteiger partial charge in [0.05, 0.1) is 5.41 Å². The third-order valence-corrected chi connectivity index (χ3v) is 4.46. The highest BCUT2D eigenvalue weighted by atomic mass is 16.4. The molecule has 0 atom stereocenters. The Balaban J connectivity index is 2.32. The first-order chi connectivity index (χ1) is 10.0. The van der Waals surface area contributed by atoms with Gasteiger partial charge in [0, 0.05) is 19.6 Å². The molecule has 0 aromatic carbocycles. The van der Waals surface area contributed by atoms with Gasteiger partial charge in [-0.1, -0.05) is 33.1 Å². The number of hydrogen-bond acceptors (Lipinski definition) is 3. The molecule has 1 aliphatic rings. The van der Waals surface area contributed by atoms with Crippen molar-refractivity contribution in [3.63, 3.8) is 0 Å². The van der Waals surface area contributed by atoms with E-state index in [0.717, 1.165) is 38.9 Å². The minimum Gasteiger partial charge on any atom is -0.481 e. The monoisotopic (exact) mass is 299 g/mol. The topological polar surface area (TPSA) is 81.7 Å². The molecule has 0 heterocycles. The zero-order valence-corrected chi connectivity index (χ0v) is 13.3. The molecular weight excluding hydrogens is 270 g/mol. The lowest BCUT2D eigenvalue weighted by Crippen LogP contribution is -2.48. The fourth-order valence-corrected chi connectivity index (χ4v) is 2.87. The molecule has 1 saturated carbocycles. The summed E-state index contributed by atoms with van der Waals surface area (Å²) in [4.78, 5) is 25.5. The van der Waals surface area contributed by atoms with Crippen LogP contribution in [0.1, 0.15) is 46.0 Å².